The zero-order valence-electron chi connectivity index (χ0n) is 6.87. The summed E-state index contributed by atoms with van der Waals surface area (Å²) in [4.78, 5) is 0. The minimum atomic E-state index is 0.394. The summed E-state index contributed by atoms with van der Waals surface area (Å²) in [6, 6.07) is 0. The molecule has 1 saturated carbocycles. The molecule has 0 aromatic heterocycles. The lowest BCUT2D eigenvalue weighted by Gasteiger charge is -2.25. The summed E-state index contributed by atoms with van der Waals surface area (Å²) in [7, 11) is 0. The molecule has 3 aliphatic rings. The van der Waals surface area contributed by atoms with Crippen molar-refractivity contribution in [2.24, 2.45) is 17.8 Å². The van der Waals surface area contributed by atoms with Gasteiger partial charge in [0.2, 0.25) is 0 Å². The van der Waals surface area contributed by atoms with Gasteiger partial charge in [-0.05, 0) is 37.0 Å². The maximum atomic E-state index is 9.10. The van der Waals surface area contributed by atoms with Crippen LogP contribution in [0.5, 0.6) is 0 Å². The lowest BCUT2D eigenvalue weighted by Crippen LogP contribution is -2.20. The van der Waals surface area contributed by atoms with E-state index in [1.165, 1.54) is 25.7 Å². The number of hydrogen-bond acceptors (Lipinski definition) is 1. The van der Waals surface area contributed by atoms with Crippen molar-refractivity contribution in [3.8, 4) is 0 Å². The van der Waals surface area contributed by atoms with E-state index in [9.17, 15) is 0 Å². The molecule has 0 spiro atoms. The standard InChI is InChI=1S/C10H16O/c11-7-10-6-8-2-1-3-9(10)5-4-8/h4-5,8-11H,1-3,6-7H2/t8-,9+,10?/m0/s1. The van der Waals surface area contributed by atoms with E-state index in [1.54, 1.807) is 0 Å². The average Bonchev–Trinajstić information content (AvgIpc) is 2.37. The van der Waals surface area contributed by atoms with Crippen molar-refractivity contribution >= 4 is 0 Å². The van der Waals surface area contributed by atoms with E-state index in [4.69, 9.17) is 5.11 Å². The Labute approximate surface area is 68.1 Å². The number of hydrogen-bond donors (Lipinski definition) is 1. The lowest BCUT2D eigenvalue weighted by atomic mass is 9.81. The van der Waals surface area contributed by atoms with Gasteiger partial charge in [0.1, 0.15) is 0 Å². The van der Waals surface area contributed by atoms with Gasteiger partial charge in [-0.3, -0.25) is 0 Å². The van der Waals surface area contributed by atoms with Gasteiger partial charge in [-0.2, -0.15) is 0 Å². The second-order valence-electron chi connectivity index (χ2n) is 3.92. The fraction of sp³-hybridized carbons (Fsp3) is 0.800. The first-order valence-electron chi connectivity index (χ1n) is 4.69. The molecule has 0 aromatic carbocycles. The first kappa shape index (κ1) is 7.35. The Kier molecular flexibility index (Phi) is 1.99. The molecule has 11 heavy (non-hydrogen) atoms. The Balaban J connectivity index is 2.13. The van der Waals surface area contributed by atoms with Crippen molar-refractivity contribution in [3.05, 3.63) is 12.2 Å². The highest BCUT2D eigenvalue weighted by Crippen LogP contribution is 2.37. The van der Waals surface area contributed by atoms with Crippen LogP contribution in [0, 0.1) is 17.8 Å². The molecular formula is C10H16O. The third-order valence-electron chi connectivity index (χ3n) is 3.19. The molecule has 0 amide bonds. The highest BCUT2D eigenvalue weighted by molar-refractivity contribution is 5.03. The fourth-order valence-corrected chi connectivity index (χ4v) is 2.47. The largest absolute Gasteiger partial charge is 0.396 e. The maximum absolute atomic E-state index is 9.10. The van der Waals surface area contributed by atoms with Gasteiger partial charge in [-0.15, -0.1) is 0 Å². The van der Waals surface area contributed by atoms with Gasteiger partial charge in [-0.1, -0.05) is 18.6 Å². The summed E-state index contributed by atoms with van der Waals surface area (Å²) < 4.78 is 0. The van der Waals surface area contributed by atoms with Crippen molar-refractivity contribution in [1.29, 1.82) is 0 Å². The Bertz CT molecular complexity index is 162. The van der Waals surface area contributed by atoms with Gasteiger partial charge in [0.25, 0.3) is 0 Å². The van der Waals surface area contributed by atoms with Crippen molar-refractivity contribution < 1.29 is 5.11 Å². The van der Waals surface area contributed by atoms with Crippen LogP contribution in [0.25, 0.3) is 0 Å². The van der Waals surface area contributed by atoms with E-state index in [0.717, 1.165) is 5.92 Å². The minimum Gasteiger partial charge on any atom is -0.396 e. The summed E-state index contributed by atoms with van der Waals surface area (Å²) in [5.74, 6) is 2.05. The Morgan fingerprint density at radius 3 is 3.00 bits per heavy atom. The Morgan fingerprint density at radius 2 is 2.18 bits per heavy atom. The topological polar surface area (TPSA) is 20.2 Å². The first-order valence-corrected chi connectivity index (χ1v) is 4.69. The summed E-state index contributed by atoms with van der Waals surface area (Å²) in [6.07, 6.45) is 9.95. The van der Waals surface area contributed by atoms with Crippen LogP contribution >= 0.6 is 0 Å². The van der Waals surface area contributed by atoms with Gasteiger partial charge < -0.3 is 5.11 Å². The average molecular weight is 152 g/mol. The molecule has 1 nitrogen and oxygen atoms in total. The highest BCUT2D eigenvalue weighted by atomic mass is 16.3. The van der Waals surface area contributed by atoms with E-state index in [-0.39, 0.29) is 0 Å². The normalized spacial score (nSPS) is 42.5. The van der Waals surface area contributed by atoms with E-state index in [0.29, 0.717) is 18.4 Å². The predicted octanol–water partition coefficient (Wildman–Crippen LogP) is 1.97. The second-order valence-corrected chi connectivity index (χ2v) is 3.92. The van der Waals surface area contributed by atoms with E-state index >= 15 is 0 Å². The smallest absolute Gasteiger partial charge is 0.0465 e. The molecule has 1 fully saturated rings. The van der Waals surface area contributed by atoms with Crippen molar-refractivity contribution in [2.75, 3.05) is 6.61 Å². The van der Waals surface area contributed by atoms with Crippen molar-refractivity contribution in [1.82, 2.24) is 0 Å². The van der Waals surface area contributed by atoms with Crippen LogP contribution in [-0.2, 0) is 0 Å². The van der Waals surface area contributed by atoms with Gasteiger partial charge in [0.15, 0.2) is 0 Å². The molecule has 62 valence electrons. The second kappa shape index (κ2) is 2.98. The monoisotopic (exact) mass is 152 g/mol. The molecule has 3 atom stereocenters. The number of rotatable bonds is 1. The molecule has 1 N–H and O–H groups in total. The zero-order valence-corrected chi connectivity index (χ0v) is 6.87. The zero-order chi connectivity index (χ0) is 7.68. The Hall–Kier alpha value is -0.300. The summed E-state index contributed by atoms with van der Waals surface area (Å²) in [5.41, 5.74) is 0. The molecule has 0 heterocycles. The van der Waals surface area contributed by atoms with E-state index < -0.39 is 0 Å². The molecule has 1 heteroatoms. The van der Waals surface area contributed by atoms with Gasteiger partial charge >= 0.3 is 0 Å². The molecule has 0 aliphatic heterocycles. The molecule has 2 bridgehead atoms. The number of allylic oxidation sites excluding steroid dienone is 2. The van der Waals surface area contributed by atoms with Crippen LogP contribution < -0.4 is 0 Å². The minimum absolute atomic E-state index is 0.394. The highest BCUT2D eigenvalue weighted by Gasteiger charge is 2.28. The summed E-state index contributed by atoms with van der Waals surface area (Å²) >= 11 is 0. The lowest BCUT2D eigenvalue weighted by molar-refractivity contribution is 0.173. The third kappa shape index (κ3) is 1.34. The maximum Gasteiger partial charge on any atom is 0.0465 e. The van der Waals surface area contributed by atoms with Crippen molar-refractivity contribution in [2.45, 2.75) is 25.7 Å². The quantitative estimate of drug-likeness (QED) is 0.569. The first-order chi connectivity index (χ1) is 5.40. The number of aliphatic hydroxyl groups excluding tert-OH is 1. The third-order valence-corrected chi connectivity index (χ3v) is 3.19. The molecule has 1 unspecified atom stereocenters. The van der Waals surface area contributed by atoms with Gasteiger partial charge in [0.05, 0.1) is 0 Å². The van der Waals surface area contributed by atoms with E-state index in [1.807, 2.05) is 0 Å². The van der Waals surface area contributed by atoms with Crippen LogP contribution in [0.3, 0.4) is 0 Å². The van der Waals surface area contributed by atoms with Gasteiger partial charge in [-0.25, -0.2) is 0 Å². The predicted molar refractivity (Wildman–Crippen MR) is 45.2 cm³/mol. The summed E-state index contributed by atoms with van der Waals surface area (Å²) in [6.45, 7) is 0.394. The van der Waals surface area contributed by atoms with E-state index in [2.05, 4.69) is 12.2 Å². The molecule has 0 aromatic rings. The number of aliphatic hydroxyl groups is 1. The van der Waals surface area contributed by atoms with Gasteiger partial charge in [0, 0.05) is 6.61 Å². The van der Waals surface area contributed by atoms with Crippen LogP contribution in [0.4, 0.5) is 0 Å². The van der Waals surface area contributed by atoms with Crippen LogP contribution in [-0.4, -0.2) is 11.7 Å². The molecule has 0 saturated heterocycles. The van der Waals surface area contributed by atoms with Crippen molar-refractivity contribution in [3.63, 3.8) is 0 Å². The molecule has 3 rings (SSSR count). The molecule has 0 radical (unpaired) electrons. The number of fused-ring (bicyclic) bond motifs is 3. The SMILES string of the molecule is OCC1C[C@@H]2C=C[C@H]1CCC2. The molecule has 3 aliphatic carbocycles. The van der Waals surface area contributed by atoms with Crippen LogP contribution in [0.2, 0.25) is 0 Å². The van der Waals surface area contributed by atoms with Crippen LogP contribution in [0.1, 0.15) is 25.7 Å². The fourth-order valence-electron chi connectivity index (χ4n) is 2.47. The molecular weight excluding hydrogens is 136 g/mol. The van der Waals surface area contributed by atoms with Crippen LogP contribution in [0.15, 0.2) is 12.2 Å². The Morgan fingerprint density at radius 1 is 1.27 bits per heavy atom. The summed E-state index contributed by atoms with van der Waals surface area (Å²) in [5, 5.41) is 9.10.